The van der Waals surface area contributed by atoms with Crippen molar-refractivity contribution in [2.75, 3.05) is 19.3 Å². The van der Waals surface area contributed by atoms with Gasteiger partial charge in [-0.25, -0.2) is 12.7 Å². The van der Waals surface area contributed by atoms with Gasteiger partial charge >= 0.3 is 0 Å². The van der Waals surface area contributed by atoms with Crippen molar-refractivity contribution in [1.82, 2.24) is 9.62 Å². The van der Waals surface area contributed by atoms with E-state index in [-0.39, 0.29) is 0 Å². The molecule has 2 fully saturated rings. The number of hydrogen-bond acceptors (Lipinski definition) is 3. The first kappa shape index (κ1) is 14.3. The summed E-state index contributed by atoms with van der Waals surface area (Å²) in [4.78, 5) is 0. The quantitative estimate of drug-likeness (QED) is 0.847. The predicted octanol–water partition coefficient (Wildman–Crippen LogP) is 1.58. The van der Waals surface area contributed by atoms with Gasteiger partial charge in [-0.2, -0.15) is 0 Å². The van der Waals surface area contributed by atoms with Gasteiger partial charge in [-0.05, 0) is 38.0 Å². The minimum absolute atomic E-state index is 0.517. The molecule has 2 rings (SSSR count). The molecule has 18 heavy (non-hydrogen) atoms. The Labute approximate surface area is 111 Å². The van der Waals surface area contributed by atoms with Gasteiger partial charge in [-0.15, -0.1) is 0 Å². The van der Waals surface area contributed by atoms with Crippen LogP contribution in [-0.2, 0) is 10.0 Å². The van der Waals surface area contributed by atoms with Gasteiger partial charge in [-0.1, -0.05) is 13.3 Å². The van der Waals surface area contributed by atoms with Gasteiger partial charge in [-0.3, -0.25) is 0 Å². The topological polar surface area (TPSA) is 49.4 Å². The molecule has 106 valence electrons. The van der Waals surface area contributed by atoms with Gasteiger partial charge in [0.2, 0.25) is 10.0 Å². The summed E-state index contributed by atoms with van der Waals surface area (Å²) in [5, 5.41) is 3.73. The monoisotopic (exact) mass is 274 g/mol. The zero-order valence-electron chi connectivity index (χ0n) is 11.6. The normalized spacial score (nSPS) is 31.9. The summed E-state index contributed by atoms with van der Waals surface area (Å²) < 4.78 is 24.5. The Bertz CT molecular complexity index is 361. The standard InChI is InChI=1S/C13H26N2O2S/c1-3-11-4-5-13(10-11)14-12-6-8-15(9-7-12)18(2,16)17/h11-14H,3-10H2,1-2H3. The van der Waals surface area contributed by atoms with E-state index in [2.05, 4.69) is 12.2 Å². The lowest BCUT2D eigenvalue weighted by molar-refractivity contribution is 0.272. The number of hydrogen-bond donors (Lipinski definition) is 1. The van der Waals surface area contributed by atoms with Crippen molar-refractivity contribution in [3.63, 3.8) is 0 Å². The molecule has 1 N–H and O–H groups in total. The largest absolute Gasteiger partial charge is 0.311 e. The van der Waals surface area contributed by atoms with E-state index in [0.717, 1.165) is 18.8 Å². The molecule has 0 spiro atoms. The average molecular weight is 274 g/mol. The second kappa shape index (κ2) is 5.88. The number of rotatable bonds is 4. The molecule has 4 nitrogen and oxygen atoms in total. The molecule has 2 atom stereocenters. The molecule has 1 saturated heterocycles. The molecule has 2 unspecified atom stereocenters. The van der Waals surface area contributed by atoms with Gasteiger partial charge in [0.15, 0.2) is 0 Å². The first-order chi connectivity index (χ1) is 8.49. The maximum absolute atomic E-state index is 11.4. The summed E-state index contributed by atoms with van der Waals surface area (Å²) in [5.74, 6) is 0.901. The van der Waals surface area contributed by atoms with Crippen LogP contribution < -0.4 is 5.32 Å². The fraction of sp³-hybridized carbons (Fsp3) is 1.00. The van der Waals surface area contributed by atoms with E-state index in [4.69, 9.17) is 0 Å². The van der Waals surface area contributed by atoms with Crippen LogP contribution in [0.3, 0.4) is 0 Å². The number of sulfonamides is 1. The van der Waals surface area contributed by atoms with Gasteiger partial charge in [0.05, 0.1) is 6.26 Å². The van der Waals surface area contributed by atoms with Crippen LogP contribution in [0.15, 0.2) is 0 Å². The third-order valence-corrected chi connectivity index (χ3v) is 5.82. The molecule has 2 aliphatic rings. The first-order valence-corrected chi connectivity index (χ1v) is 9.05. The second-order valence-electron chi connectivity index (χ2n) is 5.89. The smallest absolute Gasteiger partial charge is 0.211 e. The van der Waals surface area contributed by atoms with Crippen LogP contribution >= 0.6 is 0 Å². The Balaban J connectivity index is 1.74. The Kier molecular flexibility index (Phi) is 4.67. The Morgan fingerprint density at radius 2 is 1.78 bits per heavy atom. The second-order valence-corrected chi connectivity index (χ2v) is 7.87. The fourth-order valence-electron chi connectivity index (χ4n) is 3.28. The highest BCUT2D eigenvalue weighted by Crippen LogP contribution is 2.29. The molecule has 1 saturated carbocycles. The number of piperidine rings is 1. The minimum atomic E-state index is -2.98. The lowest BCUT2D eigenvalue weighted by atomic mass is 10.0. The van der Waals surface area contributed by atoms with Crippen LogP contribution in [0.5, 0.6) is 0 Å². The van der Waals surface area contributed by atoms with Crippen LogP contribution in [0.25, 0.3) is 0 Å². The molecule has 0 radical (unpaired) electrons. The van der Waals surface area contributed by atoms with Crippen LogP contribution in [0.2, 0.25) is 0 Å². The number of nitrogens with one attached hydrogen (secondary N) is 1. The summed E-state index contributed by atoms with van der Waals surface area (Å²) >= 11 is 0. The molecular formula is C13H26N2O2S. The maximum Gasteiger partial charge on any atom is 0.211 e. The molecule has 0 amide bonds. The Hall–Kier alpha value is -0.130. The molecule has 1 aliphatic heterocycles. The lowest BCUT2D eigenvalue weighted by Crippen LogP contribution is -2.47. The van der Waals surface area contributed by atoms with E-state index < -0.39 is 10.0 Å². The van der Waals surface area contributed by atoms with E-state index in [1.165, 1.54) is 31.9 Å². The molecule has 5 heteroatoms. The fourth-order valence-corrected chi connectivity index (χ4v) is 4.16. The van der Waals surface area contributed by atoms with E-state index in [0.29, 0.717) is 25.2 Å². The predicted molar refractivity (Wildman–Crippen MR) is 74.0 cm³/mol. The molecule has 0 aromatic carbocycles. The average Bonchev–Trinajstić information content (AvgIpc) is 2.76. The van der Waals surface area contributed by atoms with Crippen LogP contribution in [-0.4, -0.2) is 44.2 Å². The molecule has 0 aromatic heterocycles. The highest BCUT2D eigenvalue weighted by Gasteiger charge is 2.29. The van der Waals surface area contributed by atoms with Crippen molar-refractivity contribution < 1.29 is 8.42 Å². The van der Waals surface area contributed by atoms with E-state index in [1.807, 2.05) is 0 Å². The van der Waals surface area contributed by atoms with Gasteiger partial charge in [0, 0.05) is 25.2 Å². The summed E-state index contributed by atoms with van der Waals surface area (Å²) in [5.41, 5.74) is 0. The van der Waals surface area contributed by atoms with Crippen LogP contribution in [0, 0.1) is 5.92 Å². The lowest BCUT2D eigenvalue weighted by Gasteiger charge is -2.32. The molecule has 1 heterocycles. The molecule has 1 aliphatic carbocycles. The van der Waals surface area contributed by atoms with E-state index in [1.54, 1.807) is 4.31 Å². The van der Waals surface area contributed by atoms with E-state index >= 15 is 0 Å². The van der Waals surface area contributed by atoms with Crippen LogP contribution in [0.1, 0.15) is 45.4 Å². The van der Waals surface area contributed by atoms with Crippen molar-refractivity contribution in [3.05, 3.63) is 0 Å². The van der Waals surface area contributed by atoms with Crippen molar-refractivity contribution >= 4 is 10.0 Å². The molecule has 0 aromatic rings. The minimum Gasteiger partial charge on any atom is -0.311 e. The Morgan fingerprint density at radius 1 is 1.11 bits per heavy atom. The summed E-state index contributed by atoms with van der Waals surface area (Å²) in [7, 11) is -2.98. The highest BCUT2D eigenvalue weighted by atomic mass is 32.2. The highest BCUT2D eigenvalue weighted by molar-refractivity contribution is 7.88. The van der Waals surface area contributed by atoms with Crippen molar-refractivity contribution in [1.29, 1.82) is 0 Å². The summed E-state index contributed by atoms with van der Waals surface area (Å²) in [6, 6.07) is 1.19. The van der Waals surface area contributed by atoms with Gasteiger partial charge in [0.1, 0.15) is 0 Å². The van der Waals surface area contributed by atoms with Crippen LogP contribution in [0.4, 0.5) is 0 Å². The maximum atomic E-state index is 11.4. The zero-order valence-corrected chi connectivity index (χ0v) is 12.4. The zero-order chi connectivity index (χ0) is 13.2. The van der Waals surface area contributed by atoms with Gasteiger partial charge in [0.25, 0.3) is 0 Å². The van der Waals surface area contributed by atoms with Crippen molar-refractivity contribution in [2.45, 2.75) is 57.5 Å². The van der Waals surface area contributed by atoms with Crippen molar-refractivity contribution in [3.8, 4) is 0 Å². The summed E-state index contributed by atoms with van der Waals surface area (Å²) in [6.45, 7) is 3.64. The third kappa shape index (κ3) is 3.68. The molecule has 0 bridgehead atoms. The summed E-state index contributed by atoms with van der Waals surface area (Å²) in [6.07, 6.45) is 8.49. The Morgan fingerprint density at radius 3 is 2.28 bits per heavy atom. The van der Waals surface area contributed by atoms with E-state index in [9.17, 15) is 8.42 Å². The van der Waals surface area contributed by atoms with Gasteiger partial charge < -0.3 is 5.32 Å². The SMILES string of the molecule is CCC1CCC(NC2CCN(S(C)(=O)=O)CC2)C1. The first-order valence-electron chi connectivity index (χ1n) is 7.20. The molecular weight excluding hydrogens is 248 g/mol. The number of nitrogens with zero attached hydrogens (tertiary/aromatic N) is 1. The van der Waals surface area contributed by atoms with Crippen molar-refractivity contribution in [2.24, 2.45) is 5.92 Å². The third-order valence-electron chi connectivity index (χ3n) is 4.51.